The Labute approximate surface area is 573 Å². The summed E-state index contributed by atoms with van der Waals surface area (Å²) in [5.74, 6) is 5.52. The second kappa shape index (κ2) is 22.8. The number of nitrogens with zero attached hydrogens (tertiary/aromatic N) is 4. The molecule has 478 valence electrons. The minimum absolute atomic E-state index is 0.0140. The standard InChI is InChI=1S/C28H31N.3C21H15NO/c1-26(2)19-13-9-8-12-18(19)24-21(26)16-17-23-25(24)28(5,6)27(3,4)20-14-10-11-15-22(20)29(23)7;1-22-18-10-14-6-2-4-8-16(14)12-20(18)23-21-13-17-9-5-3-7-15(17)11-19(21)22;1-22-18-12-10-14-6-2-4-8-16(14)20(18)23-21-17-9-5-3-7-15(17)11-13-19(21)22;1-22-18-12-15-7-2-3-8-16(15)13-20(18)23-19-11-10-14-6-4-5-9-17(14)21(19)22/h8-17H,1-7H3;3*2-13H,1H3. The Morgan fingerprint density at radius 3 is 1.16 bits per heavy atom. The van der Waals surface area contributed by atoms with Gasteiger partial charge in [-0.1, -0.05) is 254 Å². The van der Waals surface area contributed by atoms with E-state index < -0.39 is 0 Å². The fraction of sp³-hybridized carbons (Fsp3) is 0.143. The van der Waals surface area contributed by atoms with Crippen LogP contribution in [0.3, 0.4) is 0 Å². The second-order valence-electron chi connectivity index (χ2n) is 28.3. The van der Waals surface area contributed by atoms with E-state index in [9.17, 15) is 0 Å². The Morgan fingerprint density at radius 1 is 0.255 bits per heavy atom. The van der Waals surface area contributed by atoms with Gasteiger partial charge in [-0.3, -0.25) is 0 Å². The number of anilines is 8. The van der Waals surface area contributed by atoms with Gasteiger partial charge in [0.25, 0.3) is 0 Å². The highest BCUT2D eigenvalue weighted by Crippen LogP contribution is 2.61. The van der Waals surface area contributed by atoms with Crippen LogP contribution in [-0.4, -0.2) is 28.2 Å². The summed E-state index contributed by atoms with van der Waals surface area (Å²) in [5, 5.41) is 14.4. The molecular formula is C91H76N4O3. The molecule has 0 radical (unpaired) electrons. The lowest BCUT2D eigenvalue weighted by Crippen LogP contribution is -2.40. The molecule has 0 aromatic heterocycles. The lowest BCUT2D eigenvalue weighted by Gasteiger charge is -2.43. The molecule has 4 heterocycles. The zero-order valence-corrected chi connectivity index (χ0v) is 57.1. The van der Waals surface area contributed by atoms with Gasteiger partial charge in [-0.05, 0) is 149 Å². The molecule has 1 aliphatic carbocycles. The molecule has 20 rings (SSSR count). The Balaban J connectivity index is 0.0000000987. The fourth-order valence-corrected chi connectivity index (χ4v) is 16.0. The summed E-state index contributed by atoms with van der Waals surface area (Å²) in [7, 11) is 8.54. The minimum atomic E-state index is -0.0396. The lowest BCUT2D eigenvalue weighted by atomic mass is 9.59. The largest absolute Gasteiger partial charge is 0.453 e. The highest BCUT2D eigenvalue weighted by molar-refractivity contribution is 6.05. The monoisotopic (exact) mass is 1270 g/mol. The Morgan fingerprint density at radius 2 is 0.633 bits per heavy atom. The smallest absolute Gasteiger partial charge is 0.159 e. The zero-order chi connectivity index (χ0) is 66.9. The summed E-state index contributed by atoms with van der Waals surface area (Å²) < 4.78 is 18.9. The maximum Gasteiger partial charge on any atom is 0.159 e. The molecule has 0 amide bonds. The van der Waals surface area contributed by atoms with E-state index in [1.165, 1.54) is 98.6 Å². The molecule has 5 aliphatic rings. The van der Waals surface area contributed by atoms with E-state index in [0.29, 0.717) is 0 Å². The van der Waals surface area contributed by atoms with Crippen LogP contribution in [0.25, 0.3) is 75.8 Å². The average Bonchev–Trinajstić information content (AvgIpc) is 1.51. The fourth-order valence-electron chi connectivity index (χ4n) is 16.0. The molecule has 0 N–H and O–H groups in total. The summed E-state index contributed by atoms with van der Waals surface area (Å²) >= 11 is 0. The van der Waals surface area contributed by atoms with E-state index in [4.69, 9.17) is 14.2 Å². The van der Waals surface area contributed by atoms with E-state index in [0.717, 1.165) is 79.4 Å². The van der Waals surface area contributed by atoms with Crippen LogP contribution >= 0.6 is 0 Å². The molecule has 0 atom stereocenters. The molecule has 15 aromatic carbocycles. The van der Waals surface area contributed by atoms with Crippen molar-refractivity contribution in [2.24, 2.45) is 0 Å². The van der Waals surface area contributed by atoms with Gasteiger partial charge >= 0.3 is 0 Å². The van der Waals surface area contributed by atoms with Gasteiger partial charge in [0.1, 0.15) is 0 Å². The third-order valence-electron chi connectivity index (χ3n) is 22.1. The maximum absolute atomic E-state index is 6.43. The van der Waals surface area contributed by atoms with Crippen molar-refractivity contribution in [3.63, 3.8) is 0 Å². The molecule has 0 saturated heterocycles. The van der Waals surface area contributed by atoms with Crippen LogP contribution in [0.1, 0.15) is 63.8 Å². The van der Waals surface area contributed by atoms with E-state index >= 15 is 0 Å². The van der Waals surface area contributed by atoms with E-state index in [1.54, 1.807) is 0 Å². The Kier molecular flexibility index (Phi) is 14.0. The van der Waals surface area contributed by atoms with Crippen molar-refractivity contribution in [3.05, 3.63) is 301 Å². The summed E-state index contributed by atoms with van der Waals surface area (Å²) in [6, 6.07) is 98.7. The first-order chi connectivity index (χ1) is 47.5. The first-order valence-corrected chi connectivity index (χ1v) is 34.0. The number of hydrogen-bond donors (Lipinski definition) is 0. The van der Waals surface area contributed by atoms with Crippen molar-refractivity contribution in [2.75, 3.05) is 47.8 Å². The second-order valence-corrected chi connectivity index (χ2v) is 28.3. The van der Waals surface area contributed by atoms with Crippen LogP contribution in [0, 0.1) is 0 Å². The van der Waals surface area contributed by atoms with Gasteiger partial charge < -0.3 is 33.8 Å². The van der Waals surface area contributed by atoms with Crippen LogP contribution in [-0.2, 0) is 16.2 Å². The summed E-state index contributed by atoms with van der Waals surface area (Å²) in [4.78, 5) is 9.08. The summed E-state index contributed by atoms with van der Waals surface area (Å²) in [5.41, 5.74) is 17.9. The minimum Gasteiger partial charge on any atom is -0.453 e. The predicted molar refractivity (Wildman–Crippen MR) is 413 cm³/mol. The first-order valence-electron chi connectivity index (χ1n) is 34.0. The van der Waals surface area contributed by atoms with Gasteiger partial charge in [-0.15, -0.1) is 0 Å². The normalized spacial score (nSPS) is 14.8. The molecule has 0 saturated carbocycles. The molecule has 98 heavy (non-hydrogen) atoms. The average molecular weight is 1270 g/mol. The van der Waals surface area contributed by atoms with Crippen LogP contribution in [0.2, 0.25) is 0 Å². The number of ether oxygens (including phenoxy) is 3. The Hall–Kier alpha value is -11.5. The number of benzene rings is 15. The third-order valence-corrected chi connectivity index (χ3v) is 22.1. The van der Waals surface area contributed by atoms with Crippen molar-refractivity contribution >= 4 is 110 Å². The number of rotatable bonds is 0. The molecule has 7 nitrogen and oxygen atoms in total. The molecule has 15 aromatic rings. The van der Waals surface area contributed by atoms with E-state index in [-0.39, 0.29) is 16.2 Å². The van der Waals surface area contributed by atoms with Gasteiger partial charge in [0.15, 0.2) is 34.5 Å². The molecular weight excluding hydrogens is 1200 g/mol. The van der Waals surface area contributed by atoms with Gasteiger partial charge in [-0.2, -0.15) is 0 Å². The Bertz CT molecular complexity index is 5550. The summed E-state index contributed by atoms with van der Waals surface area (Å²) in [6.07, 6.45) is 0. The highest BCUT2D eigenvalue weighted by atomic mass is 16.5. The van der Waals surface area contributed by atoms with Gasteiger partial charge in [0.05, 0.1) is 34.1 Å². The van der Waals surface area contributed by atoms with Crippen LogP contribution in [0.5, 0.6) is 34.5 Å². The topological polar surface area (TPSA) is 40.6 Å². The van der Waals surface area contributed by atoms with Crippen molar-refractivity contribution in [1.82, 2.24) is 0 Å². The van der Waals surface area contributed by atoms with Gasteiger partial charge in [0.2, 0.25) is 0 Å². The number of hydrogen-bond acceptors (Lipinski definition) is 7. The molecule has 0 unspecified atom stereocenters. The molecule has 0 bridgehead atoms. The van der Waals surface area contributed by atoms with Crippen molar-refractivity contribution in [2.45, 2.75) is 57.8 Å². The SMILES string of the molecule is CN1c2cc3ccccc3cc2Oc2cc3ccccc3cc21.CN1c2cc3ccccc3cc2Oc2ccc3ccccc3c21.CN1c2ccc3ccccc3c2Oc2c1ccc1ccccc21.CN1c2ccccc2C(C)(C)C(C)(C)c2c1ccc1c2-c2ccccc2C1(C)C. The zero-order valence-electron chi connectivity index (χ0n) is 57.1. The van der Waals surface area contributed by atoms with E-state index in [2.05, 4.69) is 368 Å². The van der Waals surface area contributed by atoms with Gasteiger partial charge in [0, 0.05) is 72.0 Å². The van der Waals surface area contributed by atoms with Crippen molar-refractivity contribution in [1.29, 1.82) is 0 Å². The highest BCUT2D eigenvalue weighted by Gasteiger charge is 2.49. The molecule has 7 heteroatoms. The van der Waals surface area contributed by atoms with Crippen molar-refractivity contribution < 1.29 is 14.2 Å². The first kappa shape index (κ1) is 60.1. The quantitative estimate of drug-likeness (QED) is 0.150. The maximum atomic E-state index is 6.43. The van der Waals surface area contributed by atoms with Crippen molar-refractivity contribution in [3.8, 4) is 45.6 Å². The molecule has 4 aliphatic heterocycles. The molecule has 0 fully saturated rings. The number of para-hydroxylation sites is 1. The third kappa shape index (κ3) is 9.45. The van der Waals surface area contributed by atoms with Gasteiger partial charge in [-0.25, -0.2) is 0 Å². The predicted octanol–water partition coefficient (Wildman–Crippen LogP) is 24.9. The number of fused-ring (bicyclic) bond motifs is 21. The van der Waals surface area contributed by atoms with Crippen LogP contribution in [0.4, 0.5) is 45.5 Å². The van der Waals surface area contributed by atoms with E-state index in [1.807, 2.05) is 0 Å². The summed E-state index contributed by atoms with van der Waals surface area (Å²) in [6.45, 7) is 14.5. The molecule has 0 spiro atoms. The lowest BCUT2D eigenvalue weighted by molar-refractivity contribution is 0.307. The van der Waals surface area contributed by atoms with Crippen LogP contribution < -0.4 is 33.8 Å². The van der Waals surface area contributed by atoms with Crippen LogP contribution in [0.15, 0.2) is 279 Å².